The number of ether oxygens (including phenoxy) is 1. The molecule has 0 saturated heterocycles. The zero-order valence-corrected chi connectivity index (χ0v) is 15.3. The van der Waals surface area contributed by atoms with Crippen molar-refractivity contribution in [2.75, 3.05) is 20.7 Å². The lowest BCUT2D eigenvalue weighted by Crippen LogP contribution is -2.36. The molecule has 0 radical (unpaired) electrons. The van der Waals surface area contributed by atoms with Gasteiger partial charge in [0.15, 0.2) is 0 Å². The Hall–Kier alpha value is -2.38. The van der Waals surface area contributed by atoms with Crippen LogP contribution in [0.5, 0.6) is 0 Å². The molecule has 1 aromatic heterocycles. The summed E-state index contributed by atoms with van der Waals surface area (Å²) in [5.41, 5.74) is 2.36. The summed E-state index contributed by atoms with van der Waals surface area (Å²) in [4.78, 5) is 23.7. The zero-order chi connectivity index (χ0) is 17.5. The third-order valence-electron chi connectivity index (χ3n) is 3.70. The normalized spacial score (nSPS) is 11.3. The van der Waals surface area contributed by atoms with Crippen LogP contribution in [0, 0.1) is 0 Å². The SMILES string of the molecule is CNC(C(=O)NCCc1ccc(C(=O)OC)cc1)c1cnn(C)c1.Cl. The molecular weight excluding hydrogens is 344 g/mol. The smallest absolute Gasteiger partial charge is 0.337 e. The molecule has 0 bridgehead atoms. The van der Waals surface area contributed by atoms with Crippen molar-refractivity contribution in [3.8, 4) is 0 Å². The van der Waals surface area contributed by atoms with Crippen LogP contribution < -0.4 is 10.6 Å². The number of carbonyl (C=O) groups is 2. The summed E-state index contributed by atoms with van der Waals surface area (Å²) >= 11 is 0. The molecule has 1 amide bonds. The highest BCUT2D eigenvalue weighted by Gasteiger charge is 2.19. The predicted molar refractivity (Wildman–Crippen MR) is 96.8 cm³/mol. The zero-order valence-electron chi connectivity index (χ0n) is 14.5. The van der Waals surface area contributed by atoms with E-state index in [1.807, 2.05) is 25.4 Å². The summed E-state index contributed by atoms with van der Waals surface area (Å²) in [6, 6.07) is 6.72. The number of carbonyl (C=O) groups excluding carboxylic acids is 2. The van der Waals surface area contributed by atoms with Gasteiger partial charge in [-0.05, 0) is 31.2 Å². The summed E-state index contributed by atoms with van der Waals surface area (Å²) in [6.45, 7) is 0.509. The number of hydrogen-bond acceptors (Lipinski definition) is 5. The molecule has 8 heteroatoms. The van der Waals surface area contributed by atoms with Crippen molar-refractivity contribution in [3.63, 3.8) is 0 Å². The summed E-state index contributed by atoms with van der Waals surface area (Å²) in [7, 11) is 4.90. The maximum absolute atomic E-state index is 12.3. The van der Waals surface area contributed by atoms with Gasteiger partial charge in [-0.2, -0.15) is 5.10 Å². The van der Waals surface area contributed by atoms with Gasteiger partial charge >= 0.3 is 5.97 Å². The fraction of sp³-hybridized carbons (Fsp3) is 0.353. The standard InChI is InChI=1S/C17H22N4O3.ClH/c1-18-15(14-10-20-21(2)11-14)16(22)19-9-8-12-4-6-13(7-5-12)17(23)24-3;/h4-7,10-11,15,18H,8-9H2,1-3H3,(H,19,22);1H. The van der Waals surface area contributed by atoms with Crippen LogP contribution in [0.2, 0.25) is 0 Å². The first-order chi connectivity index (χ1) is 11.5. The van der Waals surface area contributed by atoms with Crippen LogP contribution >= 0.6 is 12.4 Å². The van der Waals surface area contributed by atoms with Crippen molar-refractivity contribution in [3.05, 3.63) is 53.3 Å². The number of aromatic nitrogens is 2. The minimum absolute atomic E-state index is 0. The molecule has 1 unspecified atom stereocenters. The lowest BCUT2D eigenvalue weighted by atomic mass is 10.1. The van der Waals surface area contributed by atoms with Crippen molar-refractivity contribution < 1.29 is 14.3 Å². The molecule has 1 aromatic carbocycles. The fourth-order valence-electron chi connectivity index (χ4n) is 2.40. The molecule has 136 valence electrons. The van der Waals surface area contributed by atoms with Crippen LogP contribution in [0.25, 0.3) is 0 Å². The molecule has 0 aliphatic rings. The Labute approximate surface area is 153 Å². The van der Waals surface area contributed by atoms with Crippen LogP contribution in [-0.2, 0) is 23.0 Å². The average Bonchev–Trinajstić information content (AvgIpc) is 3.01. The second-order valence-electron chi connectivity index (χ2n) is 5.40. The predicted octanol–water partition coefficient (Wildman–Crippen LogP) is 1.25. The van der Waals surface area contributed by atoms with E-state index in [2.05, 4.69) is 20.5 Å². The summed E-state index contributed by atoms with van der Waals surface area (Å²) in [5.74, 6) is -0.458. The second kappa shape index (κ2) is 9.80. The monoisotopic (exact) mass is 366 g/mol. The Bertz CT molecular complexity index is 700. The van der Waals surface area contributed by atoms with Crippen LogP contribution in [0.15, 0.2) is 36.7 Å². The van der Waals surface area contributed by atoms with Crippen molar-refractivity contribution in [2.45, 2.75) is 12.5 Å². The first-order valence-corrected chi connectivity index (χ1v) is 7.66. The van der Waals surface area contributed by atoms with Crippen molar-refractivity contribution >= 4 is 24.3 Å². The van der Waals surface area contributed by atoms with Gasteiger partial charge < -0.3 is 15.4 Å². The molecule has 0 aliphatic carbocycles. The number of aryl methyl sites for hydroxylation is 1. The van der Waals surface area contributed by atoms with Crippen LogP contribution in [0.1, 0.15) is 27.5 Å². The van der Waals surface area contributed by atoms with Crippen LogP contribution in [0.3, 0.4) is 0 Å². The Kier molecular flexibility index (Phi) is 8.10. The first-order valence-electron chi connectivity index (χ1n) is 7.66. The van der Waals surface area contributed by atoms with Gasteiger partial charge in [-0.3, -0.25) is 9.48 Å². The van der Waals surface area contributed by atoms with Gasteiger partial charge in [0.25, 0.3) is 0 Å². The quantitative estimate of drug-likeness (QED) is 0.720. The third kappa shape index (κ3) is 5.58. The van der Waals surface area contributed by atoms with Crippen molar-refractivity contribution in [1.82, 2.24) is 20.4 Å². The van der Waals surface area contributed by atoms with Crippen LogP contribution in [-0.4, -0.2) is 42.4 Å². The van der Waals surface area contributed by atoms with Gasteiger partial charge in [0.05, 0.1) is 18.9 Å². The van der Waals surface area contributed by atoms with E-state index in [0.29, 0.717) is 18.5 Å². The van der Waals surface area contributed by atoms with Gasteiger partial charge in [0.1, 0.15) is 6.04 Å². The number of rotatable bonds is 7. The number of nitrogens with one attached hydrogen (secondary N) is 2. The van der Waals surface area contributed by atoms with Gasteiger partial charge in [-0.25, -0.2) is 4.79 Å². The van der Waals surface area contributed by atoms with E-state index in [1.165, 1.54) is 7.11 Å². The van der Waals surface area contributed by atoms with E-state index in [0.717, 1.165) is 11.1 Å². The lowest BCUT2D eigenvalue weighted by Gasteiger charge is -2.14. The number of hydrogen-bond donors (Lipinski definition) is 2. The number of esters is 1. The lowest BCUT2D eigenvalue weighted by molar-refractivity contribution is -0.123. The van der Waals surface area contributed by atoms with Crippen LogP contribution in [0.4, 0.5) is 0 Å². The molecule has 2 N–H and O–H groups in total. The number of nitrogens with zero attached hydrogens (tertiary/aromatic N) is 2. The maximum atomic E-state index is 12.3. The van der Waals surface area contributed by atoms with Gasteiger partial charge in [0.2, 0.25) is 5.91 Å². The Morgan fingerprint density at radius 2 is 1.96 bits per heavy atom. The first kappa shape index (κ1) is 20.7. The number of amides is 1. The highest BCUT2D eigenvalue weighted by Crippen LogP contribution is 2.11. The molecule has 0 saturated carbocycles. The van der Waals surface area contributed by atoms with Gasteiger partial charge in [-0.15, -0.1) is 12.4 Å². The molecule has 0 aliphatic heterocycles. The molecule has 0 spiro atoms. The van der Waals surface area contributed by atoms with Crippen molar-refractivity contribution in [1.29, 1.82) is 0 Å². The highest BCUT2D eigenvalue weighted by atomic mass is 35.5. The minimum atomic E-state index is -0.430. The second-order valence-corrected chi connectivity index (χ2v) is 5.40. The molecular formula is C17H23ClN4O3. The summed E-state index contributed by atoms with van der Waals surface area (Å²) in [6.07, 6.45) is 4.16. The topological polar surface area (TPSA) is 85.2 Å². The fourth-order valence-corrected chi connectivity index (χ4v) is 2.40. The summed E-state index contributed by atoms with van der Waals surface area (Å²) < 4.78 is 6.32. The number of benzene rings is 1. The molecule has 1 atom stereocenters. The Morgan fingerprint density at radius 1 is 1.28 bits per heavy atom. The van der Waals surface area contributed by atoms with E-state index in [1.54, 1.807) is 30.1 Å². The van der Waals surface area contributed by atoms with Crippen molar-refractivity contribution in [2.24, 2.45) is 7.05 Å². The molecule has 2 aromatic rings. The largest absolute Gasteiger partial charge is 0.465 e. The van der Waals surface area contributed by atoms with Gasteiger partial charge in [0, 0.05) is 25.4 Å². The average molecular weight is 367 g/mol. The van der Waals surface area contributed by atoms with Gasteiger partial charge in [-0.1, -0.05) is 12.1 Å². The minimum Gasteiger partial charge on any atom is -0.465 e. The number of methoxy groups -OCH3 is 1. The third-order valence-corrected chi connectivity index (χ3v) is 3.70. The maximum Gasteiger partial charge on any atom is 0.337 e. The molecule has 2 rings (SSSR count). The molecule has 7 nitrogen and oxygen atoms in total. The Morgan fingerprint density at radius 3 is 2.48 bits per heavy atom. The number of halogens is 1. The van der Waals surface area contributed by atoms with E-state index < -0.39 is 6.04 Å². The van der Waals surface area contributed by atoms with E-state index in [-0.39, 0.29) is 24.3 Å². The summed E-state index contributed by atoms with van der Waals surface area (Å²) in [5, 5.41) is 9.98. The Balaban J connectivity index is 0.00000312. The van der Waals surface area contributed by atoms with E-state index in [4.69, 9.17) is 0 Å². The molecule has 1 heterocycles. The molecule has 0 fully saturated rings. The molecule has 25 heavy (non-hydrogen) atoms. The van der Waals surface area contributed by atoms with E-state index in [9.17, 15) is 9.59 Å². The number of likely N-dealkylation sites (N-methyl/N-ethyl adjacent to an activating group) is 1. The highest BCUT2D eigenvalue weighted by molar-refractivity contribution is 5.89. The van der Waals surface area contributed by atoms with E-state index >= 15 is 0 Å².